The third-order valence-electron chi connectivity index (χ3n) is 2.96. The van der Waals surface area contributed by atoms with E-state index in [-0.39, 0.29) is 0 Å². The molecular weight excluding hydrogens is 288 g/mol. The van der Waals surface area contributed by atoms with Crippen LogP contribution in [-0.2, 0) is 19.1 Å². The van der Waals surface area contributed by atoms with Gasteiger partial charge in [-0.15, -0.1) is 0 Å². The summed E-state index contributed by atoms with van der Waals surface area (Å²) >= 11 is 0. The van der Waals surface area contributed by atoms with Gasteiger partial charge in [0.25, 0.3) is 0 Å². The van der Waals surface area contributed by atoms with Crippen molar-refractivity contribution in [2.45, 2.75) is 0 Å². The molecule has 0 heterocycles. The second-order valence-electron chi connectivity index (χ2n) is 4.46. The third kappa shape index (κ3) is 5.71. The van der Waals surface area contributed by atoms with Crippen molar-refractivity contribution in [3.63, 3.8) is 0 Å². The highest BCUT2D eigenvalue weighted by atomic mass is 16.5. The van der Waals surface area contributed by atoms with Crippen LogP contribution in [0.15, 0.2) is 24.3 Å². The van der Waals surface area contributed by atoms with Crippen LogP contribution in [0.1, 0.15) is 0 Å². The molecule has 0 unspecified atom stereocenters. The van der Waals surface area contributed by atoms with E-state index in [1.807, 2.05) is 0 Å². The highest BCUT2D eigenvalue weighted by Crippen LogP contribution is 2.15. The number of nitrogens with zero attached hydrogens (tertiary/aromatic N) is 1. The number of carbonyl (C=O) groups is 2. The van der Waals surface area contributed by atoms with Gasteiger partial charge in [0.15, 0.2) is 0 Å². The highest BCUT2D eigenvalue weighted by molar-refractivity contribution is 6.39. The third-order valence-corrected chi connectivity index (χ3v) is 2.96. The largest absolute Gasteiger partial charge is 0.497 e. The molecule has 0 bridgehead atoms. The minimum atomic E-state index is -0.697. The van der Waals surface area contributed by atoms with E-state index < -0.39 is 11.8 Å². The molecule has 0 aliphatic carbocycles. The van der Waals surface area contributed by atoms with Gasteiger partial charge in [0.05, 0.1) is 20.3 Å². The van der Waals surface area contributed by atoms with Crippen LogP contribution in [0.2, 0.25) is 0 Å². The first-order valence-corrected chi connectivity index (χ1v) is 6.84. The molecule has 1 N–H and O–H groups in total. The number of rotatable bonds is 8. The Bertz CT molecular complexity index is 467. The van der Waals surface area contributed by atoms with Crippen molar-refractivity contribution in [3.05, 3.63) is 24.3 Å². The van der Waals surface area contributed by atoms with E-state index in [2.05, 4.69) is 5.32 Å². The van der Waals surface area contributed by atoms with Crippen LogP contribution < -0.4 is 10.1 Å². The molecule has 0 saturated carbocycles. The van der Waals surface area contributed by atoms with Gasteiger partial charge in [-0.25, -0.2) is 0 Å². The minimum absolute atomic E-state index is 0.328. The molecule has 0 radical (unpaired) electrons. The van der Waals surface area contributed by atoms with Gasteiger partial charge in [-0.1, -0.05) is 0 Å². The molecule has 0 aliphatic rings. The number of benzene rings is 1. The molecule has 7 heteroatoms. The van der Waals surface area contributed by atoms with Crippen molar-refractivity contribution in [3.8, 4) is 5.75 Å². The van der Waals surface area contributed by atoms with Gasteiger partial charge in [-0.05, 0) is 24.3 Å². The van der Waals surface area contributed by atoms with Gasteiger partial charge in [0.2, 0.25) is 0 Å². The first-order valence-electron chi connectivity index (χ1n) is 6.84. The fourth-order valence-electron chi connectivity index (χ4n) is 1.72. The summed E-state index contributed by atoms with van der Waals surface area (Å²) in [6.45, 7) is 1.36. The van der Waals surface area contributed by atoms with Crippen LogP contribution in [0.25, 0.3) is 0 Å². The van der Waals surface area contributed by atoms with E-state index in [0.717, 1.165) is 0 Å². The normalized spacial score (nSPS) is 10.1. The van der Waals surface area contributed by atoms with E-state index in [1.165, 1.54) is 19.1 Å². The number of amides is 2. The zero-order valence-electron chi connectivity index (χ0n) is 13.1. The summed E-state index contributed by atoms with van der Waals surface area (Å²) in [6.07, 6.45) is 0. The summed E-state index contributed by atoms with van der Waals surface area (Å²) in [5.41, 5.74) is 0.526. The Morgan fingerprint density at radius 3 is 2.00 bits per heavy atom. The maximum absolute atomic E-state index is 12.2. The van der Waals surface area contributed by atoms with Gasteiger partial charge in [0, 0.05) is 33.0 Å². The van der Waals surface area contributed by atoms with Crippen LogP contribution in [-0.4, -0.2) is 64.3 Å². The lowest BCUT2D eigenvalue weighted by atomic mass is 10.3. The average molecular weight is 310 g/mol. The number of methoxy groups -OCH3 is 3. The predicted molar refractivity (Wildman–Crippen MR) is 82.0 cm³/mol. The summed E-state index contributed by atoms with van der Waals surface area (Å²) in [4.78, 5) is 25.6. The second kappa shape index (κ2) is 9.75. The molecular formula is C15H22N2O5. The Balaban J connectivity index is 2.64. The molecule has 0 atom stereocenters. The maximum Gasteiger partial charge on any atom is 0.313 e. The van der Waals surface area contributed by atoms with E-state index >= 15 is 0 Å². The molecule has 0 spiro atoms. The Hall–Kier alpha value is -2.12. The molecule has 22 heavy (non-hydrogen) atoms. The quantitative estimate of drug-likeness (QED) is 0.717. The van der Waals surface area contributed by atoms with Crippen molar-refractivity contribution in [1.29, 1.82) is 0 Å². The summed E-state index contributed by atoms with van der Waals surface area (Å²) in [7, 11) is 4.63. The Kier molecular flexibility index (Phi) is 7.95. The average Bonchev–Trinajstić information content (AvgIpc) is 2.55. The molecule has 1 aromatic carbocycles. The number of anilines is 1. The number of hydrogen-bond acceptors (Lipinski definition) is 5. The first kappa shape index (κ1) is 17.9. The minimum Gasteiger partial charge on any atom is -0.497 e. The number of ether oxygens (including phenoxy) is 3. The monoisotopic (exact) mass is 310 g/mol. The highest BCUT2D eigenvalue weighted by Gasteiger charge is 2.21. The number of hydrogen-bond donors (Lipinski definition) is 1. The molecule has 2 amide bonds. The SMILES string of the molecule is COCCN(CCOC)C(=O)C(=O)Nc1ccc(OC)cc1. The lowest BCUT2D eigenvalue weighted by Crippen LogP contribution is -2.43. The van der Waals surface area contributed by atoms with Crippen LogP contribution in [0.4, 0.5) is 5.69 Å². The predicted octanol–water partition coefficient (Wildman–Crippen LogP) is 0.755. The summed E-state index contributed by atoms with van der Waals surface area (Å²) < 4.78 is 14.9. The number of nitrogens with one attached hydrogen (secondary N) is 1. The number of carbonyl (C=O) groups excluding carboxylic acids is 2. The Morgan fingerprint density at radius 1 is 1.00 bits per heavy atom. The van der Waals surface area contributed by atoms with E-state index in [1.54, 1.807) is 31.4 Å². The van der Waals surface area contributed by atoms with Crippen LogP contribution in [0, 0.1) is 0 Å². The topological polar surface area (TPSA) is 77.1 Å². The molecule has 1 aromatic rings. The van der Waals surface area contributed by atoms with Gasteiger partial charge in [-0.3, -0.25) is 9.59 Å². The summed E-state index contributed by atoms with van der Waals surface area (Å²) in [5, 5.41) is 2.56. The smallest absolute Gasteiger partial charge is 0.313 e. The van der Waals surface area contributed by atoms with Crippen LogP contribution >= 0.6 is 0 Å². The van der Waals surface area contributed by atoms with E-state index in [4.69, 9.17) is 14.2 Å². The zero-order chi connectivity index (χ0) is 16.4. The Labute approximate surface area is 130 Å². The van der Waals surface area contributed by atoms with Gasteiger partial charge < -0.3 is 24.4 Å². The van der Waals surface area contributed by atoms with Crippen molar-refractivity contribution < 1.29 is 23.8 Å². The van der Waals surface area contributed by atoms with Crippen molar-refractivity contribution in [1.82, 2.24) is 4.90 Å². The van der Waals surface area contributed by atoms with Crippen LogP contribution in [0.5, 0.6) is 5.75 Å². The molecule has 0 aliphatic heterocycles. The zero-order valence-corrected chi connectivity index (χ0v) is 13.1. The maximum atomic E-state index is 12.2. The van der Waals surface area contributed by atoms with Gasteiger partial charge >= 0.3 is 11.8 Å². The lowest BCUT2D eigenvalue weighted by Gasteiger charge is -2.21. The lowest BCUT2D eigenvalue weighted by molar-refractivity contribution is -0.144. The fourth-order valence-corrected chi connectivity index (χ4v) is 1.72. The molecule has 0 fully saturated rings. The van der Waals surface area contributed by atoms with E-state index in [0.29, 0.717) is 37.7 Å². The standard InChI is InChI=1S/C15H22N2O5/c1-20-10-8-17(9-11-21-2)15(19)14(18)16-12-4-6-13(22-3)7-5-12/h4-7H,8-11H2,1-3H3,(H,16,18). The van der Waals surface area contributed by atoms with Gasteiger partial charge in [0.1, 0.15) is 5.75 Å². The molecule has 1 rings (SSSR count). The molecule has 122 valence electrons. The van der Waals surface area contributed by atoms with Crippen molar-refractivity contribution in [2.24, 2.45) is 0 Å². The molecule has 0 aromatic heterocycles. The first-order chi connectivity index (χ1) is 10.6. The molecule has 7 nitrogen and oxygen atoms in total. The van der Waals surface area contributed by atoms with Crippen molar-refractivity contribution >= 4 is 17.5 Å². The fraction of sp³-hybridized carbons (Fsp3) is 0.467. The summed E-state index contributed by atoms with van der Waals surface area (Å²) in [6, 6.07) is 6.73. The molecule has 0 saturated heterocycles. The Morgan fingerprint density at radius 2 is 1.55 bits per heavy atom. The van der Waals surface area contributed by atoms with Crippen LogP contribution in [0.3, 0.4) is 0 Å². The van der Waals surface area contributed by atoms with Gasteiger partial charge in [-0.2, -0.15) is 0 Å². The summed E-state index contributed by atoms with van der Waals surface area (Å²) in [5.74, 6) is -0.645. The van der Waals surface area contributed by atoms with E-state index in [9.17, 15) is 9.59 Å². The van der Waals surface area contributed by atoms with Crippen molar-refractivity contribution in [2.75, 3.05) is 52.9 Å². The second-order valence-corrected chi connectivity index (χ2v) is 4.46.